The Labute approximate surface area is 102 Å². The zero-order valence-electron chi connectivity index (χ0n) is 9.05. The smallest absolute Gasteiger partial charge is 0.198 e. The first kappa shape index (κ1) is 10.2. The van der Waals surface area contributed by atoms with E-state index in [1.54, 1.807) is 19.2 Å². The van der Waals surface area contributed by atoms with Crippen LogP contribution < -0.4 is 4.74 Å². The zero-order chi connectivity index (χ0) is 11.8. The van der Waals surface area contributed by atoms with Crippen molar-refractivity contribution in [1.82, 2.24) is 9.38 Å². The lowest BCUT2D eigenvalue weighted by Crippen LogP contribution is -1.91. The number of halogens is 1. The molecule has 0 saturated heterocycles. The summed E-state index contributed by atoms with van der Waals surface area (Å²) in [4.78, 5) is 4.44. The summed E-state index contributed by atoms with van der Waals surface area (Å²) in [5, 5.41) is 0.351. The molecule has 5 heteroatoms. The van der Waals surface area contributed by atoms with Crippen LogP contribution in [-0.2, 0) is 0 Å². The van der Waals surface area contributed by atoms with Crippen LogP contribution in [0.3, 0.4) is 0 Å². The van der Waals surface area contributed by atoms with E-state index in [1.807, 2.05) is 28.8 Å². The van der Waals surface area contributed by atoms with E-state index in [0.29, 0.717) is 11.0 Å². The van der Waals surface area contributed by atoms with Crippen molar-refractivity contribution in [2.45, 2.75) is 0 Å². The third-order valence-electron chi connectivity index (χ3n) is 2.49. The summed E-state index contributed by atoms with van der Waals surface area (Å²) in [6.45, 7) is 0. The molecule has 4 nitrogen and oxygen atoms in total. The summed E-state index contributed by atoms with van der Waals surface area (Å²) in [7, 11) is 1.62. The van der Waals surface area contributed by atoms with Gasteiger partial charge in [-0.2, -0.15) is 0 Å². The second-order valence-corrected chi connectivity index (χ2v) is 3.90. The first-order chi connectivity index (χ1) is 8.28. The van der Waals surface area contributed by atoms with E-state index >= 15 is 0 Å². The van der Waals surface area contributed by atoms with Gasteiger partial charge in [0.15, 0.2) is 16.9 Å². The highest BCUT2D eigenvalue weighted by Gasteiger charge is 2.10. The van der Waals surface area contributed by atoms with Gasteiger partial charge in [0.2, 0.25) is 0 Å². The topological polar surface area (TPSA) is 39.7 Å². The minimum Gasteiger partial charge on any atom is -0.482 e. The number of ether oxygens (including phenoxy) is 1. The quantitative estimate of drug-likeness (QED) is 0.699. The van der Waals surface area contributed by atoms with E-state index in [9.17, 15) is 0 Å². The molecule has 86 valence electrons. The Hall–Kier alpha value is -1.94. The monoisotopic (exact) mass is 248 g/mol. The lowest BCUT2D eigenvalue weighted by Gasteiger charge is -2.01. The highest BCUT2D eigenvalue weighted by Crippen LogP contribution is 2.25. The fraction of sp³-hybridized carbons (Fsp3) is 0.0833. The van der Waals surface area contributed by atoms with E-state index in [-0.39, 0.29) is 0 Å². The van der Waals surface area contributed by atoms with Crippen LogP contribution in [0.15, 0.2) is 40.9 Å². The molecule has 0 atom stereocenters. The van der Waals surface area contributed by atoms with Crippen molar-refractivity contribution in [2.75, 3.05) is 7.11 Å². The lowest BCUT2D eigenvalue weighted by atomic mass is 10.4. The van der Waals surface area contributed by atoms with Crippen molar-refractivity contribution >= 4 is 17.2 Å². The van der Waals surface area contributed by atoms with Gasteiger partial charge in [0.25, 0.3) is 0 Å². The van der Waals surface area contributed by atoms with Crippen molar-refractivity contribution in [3.63, 3.8) is 0 Å². The minimum absolute atomic E-state index is 0.351. The van der Waals surface area contributed by atoms with Gasteiger partial charge in [0, 0.05) is 6.20 Å². The highest BCUT2D eigenvalue weighted by molar-refractivity contribution is 6.28. The molecule has 3 rings (SSSR count). The van der Waals surface area contributed by atoms with Crippen molar-refractivity contribution in [3.8, 4) is 17.3 Å². The number of furan rings is 1. The number of fused-ring (bicyclic) bond motifs is 1. The van der Waals surface area contributed by atoms with Crippen LogP contribution in [0.2, 0.25) is 5.22 Å². The highest BCUT2D eigenvalue weighted by atomic mass is 35.5. The average molecular weight is 249 g/mol. The Morgan fingerprint density at radius 3 is 2.88 bits per heavy atom. The third kappa shape index (κ3) is 1.66. The second kappa shape index (κ2) is 3.82. The predicted molar refractivity (Wildman–Crippen MR) is 64.5 cm³/mol. The van der Waals surface area contributed by atoms with Crippen LogP contribution in [0.5, 0.6) is 5.88 Å². The number of rotatable bonds is 2. The molecule has 0 aliphatic heterocycles. The van der Waals surface area contributed by atoms with Gasteiger partial charge in [-0.25, -0.2) is 4.98 Å². The molecule has 17 heavy (non-hydrogen) atoms. The maximum atomic E-state index is 5.74. The number of methoxy groups -OCH3 is 1. The van der Waals surface area contributed by atoms with Gasteiger partial charge in [0.1, 0.15) is 11.3 Å². The first-order valence-corrected chi connectivity index (χ1v) is 5.43. The van der Waals surface area contributed by atoms with Crippen molar-refractivity contribution < 1.29 is 9.15 Å². The fourth-order valence-electron chi connectivity index (χ4n) is 1.72. The van der Waals surface area contributed by atoms with Gasteiger partial charge < -0.3 is 9.15 Å². The molecular formula is C12H9ClN2O2. The van der Waals surface area contributed by atoms with Gasteiger partial charge in [-0.1, -0.05) is 6.07 Å². The summed E-state index contributed by atoms with van der Waals surface area (Å²) in [5.74, 6) is 1.36. The van der Waals surface area contributed by atoms with Crippen LogP contribution in [0, 0.1) is 0 Å². The molecule has 0 amide bonds. The Morgan fingerprint density at radius 2 is 2.18 bits per heavy atom. The second-order valence-electron chi connectivity index (χ2n) is 3.53. The minimum atomic E-state index is 0.351. The largest absolute Gasteiger partial charge is 0.482 e. The maximum Gasteiger partial charge on any atom is 0.198 e. The lowest BCUT2D eigenvalue weighted by molar-refractivity contribution is 0.392. The Morgan fingerprint density at radius 1 is 1.29 bits per heavy atom. The molecule has 0 radical (unpaired) electrons. The van der Waals surface area contributed by atoms with Gasteiger partial charge in [-0.05, 0) is 35.9 Å². The van der Waals surface area contributed by atoms with Crippen molar-refractivity contribution in [2.24, 2.45) is 0 Å². The van der Waals surface area contributed by atoms with E-state index in [2.05, 4.69) is 4.98 Å². The number of pyridine rings is 1. The summed E-state index contributed by atoms with van der Waals surface area (Å²) < 4.78 is 12.4. The van der Waals surface area contributed by atoms with E-state index in [1.165, 1.54) is 0 Å². The molecule has 0 bridgehead atoms. The molecule has 3 aromatic rings. The molecule has 3 aromatic heterocycles. The van der Waals surface area contributed by atoms with Gasteiger partial charge >= 0.3 is 0 Å². The summed E-state index contributed by atoms with van der Waals surface area (Å²) in [5.41, 5.74) is 1.52. The standard InChI is InChI=1S/C12H9ClN2O2/c1-16-12-4-2-3-11-14-8(7-15(11)12)9-5-6-10(13)17-9/h2-7H,1H3. The molecule has 0 fully saturated rings. The molecule has 0 aromatic carbocycles. The SMILES string of the molecule is COc1cccc2nc(-c3ccc(Cl)o3)cn12. The Balaban J connectivity index is 2.19. The molecular weight excluding hydrogens is 240 g/mol. The van der Waals surface area contributed by atoms with Crippen molar-refractivity contribution in [3.05, 3.63) is 41.7 Å². The number of hydrogen-bond donors (Lipinski definition) is 0. The fourth-order valence-corrected chi connectivity index (χ4v) is 1.87. The number of imidazole rings is 1. The molecule has 0 spiro atoms. The van der Waals surface area contributed by atoms with E-state index < -0.39 is 0 Å². The van der Waals surface area contributed by atoms with Gasteiger partial charge in [-0.15, -0.1) is 0 Å². The molecule has 0 saturated carbocycles. The van der Waals surface area contributed by atoms with Gasteiger partial charge in [-0.3, -0.25) is 4.40 Å². The summed E-state index contributed by atoms with van der Waals surface area (Å²) in [6.07, 6.45) is 1.85. The van der Waals surface area contributed by atoms with E-state index in [0.717, 1.165) is 17.2 Å². The molecule has 3 heterocycles. The van der Waals surface area contributed by atoms with Crippen LogP contribution in [0.1, 0.15) is 0 Å². The summed E-state index contributed by atoms with van der Waals surface area (Å²) >= 11 is 5.74. The number of hydrogen-bond acceptors (Lipinski definition) is 3. The normalized spacial score (nSPS) is 10.9. The zero-order valence-corrected chi connectivity index (χ0v) is 9.81. The Bertz CT molecular complexity index is 672. The summed E-state index contributed by atoms with van der Waals surface area (Å²) in [6, 6.07) is 9.14. The van der Waals surface area contributed by atoms with Crippen molar-refractivity contribution in [1.29, 1.82) is 0 Å². The molecule has 0 unspecified atom stereocenters. The number of nitrogens with zero attached hydrogens (tertiary/aromatic N) is 2. The number of aromatic nitrogens is 2. The molecule has 0 aliphatic carbocycles. The third-order valence-corrected chi connectivity index (χ3v) is 2.69. The maximum absolute atomic E-state index is 5.74. The average Bonchev–Trinajstić information content (AvgIpc) is 2.93. The Kier molecular flexibility index (Phi) is 2.30. The molecule has 0 N–H and O–H groups in total. The van der Waals surface area contributed by atoms with Crippen LogP contribution >= 0.6 is 11.6 Å². The molecule has 0 aliphatic rings. The van der Waals surface area contributed by atoms with Crippen LogP contribution in [-0.4, -0.2) is 16.5 Å². The van der Waals surface area contributed by atoms with Gasteiger partial charge in [0.05, 0.1) is 7.11 Å². The first-order valence-electron chi connectivity index (χ1n) is 5.06. The van der Waals surface area contributed by atoms with Crippen LogP contribution in [0.25, 0.3) is 17.1 Å². The van der Waals surface area contributed by atoms with Crippen LogP contribution in [0.4, 0.5) is 0 Å². The van der Waals surface area contributed by atoms with E-state index in [4.69, 9.17) is 20.8 Å². The predicted octanol–water partition coefficient (Wildman–Crippen LogP) is 3.26.